The van der Waals surface area contributed by atoms with Crippen LogP contribution in [0.3, 0.4) is 0 Å². The number of para-hydroxylation sites is 1. The highest BCUT2D eigenvalue weighted by molar-refractivity contribution is 5.38. The molecule has 0 radical (unpaired) electrons. The van der Waals surface area contributed by atoms with Gasteiger partial charge in [-0.1, -0.05) is 35.4 Å². The number of ether oxygens (including phenoxy) is 1. The lowest BCUT2D eigenvalue weighted by Gasteiger charge is -2.32. The highest BCUT2D eigenvalue weighted by Crippen LogP contribution is 2.15. The molecule has 1 aromatic heterocycles. The molecule has 1 aliphatic rings. The molecule has 0 amide bonds. The number of halogens is 1. The Morgan fingerprint density at radius 1 is 1.07 bits per heavy atom. The van der Waals surface area contributed by atoms with E-state index in [9.17, 15) is 4.39 Å². The number of tetrazole rings is 1. The van der Waals surface area contributed by atoms with Gasteiger partial charge < -0.3 is 15.0 Å². The highest BCUT2D eigenvalue weighted by Gasteiger charge is 2.27. The van der Waals surface area contributed by atoms with Crippen molar-refractivity contribution in [1.29, 1.82) is 0 Å². The first-order valence-electron chi connectivity index (χ1n) is 9.07. The number of anilines is 1. The summed E-state index contributed by atoms with van der Waals surface area (Å²) >= 11 is 0. The fourth-order valence-corrected chi connectivity index (χ4v) is 3.41. The van der Waals surface area contributed by atoms with Crippen molar-refractivity contribution < 1.29 is 14.0 Å². The van der Waals surface area contributed by atoms with Crippen molar-refractivity contribution in [2.45, 2.75) is 6.04 Å². The Kier molecular flexibility index (Phi) is 5.36. The maximum absolute atomic E-state index is 13.4. The third-order valence-electron chi connectivity index (χ3n) is 4.83. The molecule has 27 heavy (non-hydrogen) atoms. The van der Waals surface area contributed by atoms with Crippen LogP contribution in [0.15, 0.2) is 54.6 Å². The summed E-state index contributed by atoms with van der Waals surface area (Å²) in [7, 11) is 0. The predicted molar refractivity (Wildman–Crippen MR) is 98.3 cm³/mol. The molecule has 7 nitrogen and oxygen atoms in total. The van der Waals surface area contributed by atoms with Crippen molar-refractivity contribution >= 4 is 5.95 Å². The molecule has 0 unspecified atom stereocenters. The van der Waals surface area contributed by atoms with Crippen LogP contribution in [0.5, 0.6) is 0 Å². The van der Waals surface area contributed by atoms with E-state index in [4.69, 9.17) is 4.74 Å². The van der Waals surface area contributed by atoms with Crippen LogP contribution in [0.1, 0.15) is 11.6 Å². The van der Waals surface area contributed by atoms with Gasteiger partial charge in [0.1, 0.15) is 24.9 Å². The summed E-state index contributed by atoms with van der Waals surface area (Å²) in [5, 5.41) is 15.4. The van der Waals surface area contributed by atoms with Gasteiger partial charge >= 0.3 is 0 Å². The molecule has 3 aromatic rings. The zero-order valence-electron chi connectivity index (χ0n) is 14.9. The van der Waals surface area contributed by atoms with E-state index < -0.39 is 0 Å². The zero-order chi connectivity index (χ0) is 18.5. The number of nitrogens with one attached hydrogen (secondary N) is 2. The van der Waals surface area contributed by atoms with Crippen LogP contribution in [-0.4, -0.2) is 53.1 Å². The Hall–Kier alpha value is -2.84. The van der Waals surface area contributed by atoms with Crippen LogP contribution in [0.4, 0.5) is 10.3 Å². The van der Waals surface area contributed by atoms with Crippen molar-refractivity contribution in [1.82, 2.24) is 20.2 Å². The average Bonchev–Trinajstić information content (AvgIpc) is 3.19. The number of hydrogen-bond donors (Lipinski definition) is 2. The van der Waals surface area contributed by atoms with E-state index in [1.54, 1.807) is 4.68 Å². The summed E-state index contributed by atoms with van der Waals surface area (Å²) in [6, 6.07) is 16.6. The average molecular weight is 369 g/mol. The predicted octanol–water partition coefficient (Wildman–Crippen LogP) is 0.870. The van der Waals surface area contributed by atoms with E-state index in [1.807, 2.05) is 42.5 Å². The highest BCUT2D eigenvalue weighted by atomic mass is 19.1. The molecule has 2 N–H and O–H groups in total. The second-order valence-electron chi connectivity index (χ2n) is 6.51. The summed E-state index contributed by atoms with van der Waals surface area (Å²) < 4.78 is 20.5. The first-order valence-corrected chi connectivity index (χ1v) is 9.07. The summed E-state index contributed by atoms with van der Waals surface area (Å²) in [4.78, 5) is 1.40. The molecule has 2 heterocycles. The minimum absolute atomic E-state index is 0.149. The fourth-order valence-electron chi connectivity index (χ4n) is 3.41. The monoisotopic (exact) mass is 369 g/mol. The molecular weight excluding hydrogens is 347 g/mol. The molecule has 1 aliphatic heterocycles. The molecule has 8 heteroatoms. The first-order chi connectivity index (χ1) is 13.3. The Morgan fingerprint density at radius 3 is 2.56 bits per heavy atom. The van der Waals surface area contributed by atoms with Gasteiger partial charge in [-0.15, -0.1) is 0 Å². The molecule has 1 saturated heterocycles. The van der Waals surface area contributed by atoms with E-state index in [-0.39, 0.29) is 11.9 Å². The van der Waals surface area contributed by atoms with Crippen molar-refractivity contribution in [2.24, 2.45) is 0 Å². The smallest absolute Gasteiger partial charge is 0.247 e. The summed E-state index contributed by atoms with van der Waals surface area (Å²) in [5.41, 5.74) is 1.97. The molecule has 140 valence electrons. The lowest BCUT2D eigenvalue weighted by atomic mass is 10.0. The maximum atomic E-state index is 13.4. The Morgan fingerprint density at radius 2 is 1.81 bits per heavy atom. The van der Waals surface area contributed by atoms with Gasteiger partial charge in [0.2, 0.25) is 5.95 Å². The van der Waals surface area contributed by atoms with Crippen LogP contribution in [0, 0.1) is 5.82 Å². The second kappa shape index (κ2) is 8.24. The van der Waals surface area contributed by atoms with Crippen LogP contribution >= 0.6 is 0 Å². The largest absolute Gasteiger partial charge is 0.370 e. The number of hydrogen-bond acceptors (Lipinski definition) is 5. The van der Waals surface area contributed by atoms with E-state index in [0.29, 0.717) is 12.5 Å². The zero-order valence-corrected chi connectivity index (χ0v) is 14.9. The Balaban J connectivity index is 1.54. The lowest BCUT2D eigenvalue weighted by molar-refractivity contribution is -0.937. The van der Waals surface area contributed by atoms with Crippen molar-refractivity contribution in [3.8, 4) is 5.69 Å². The number of rotatable bonds is 6. The van der Waals surface area contributed by atoms with Crippen LogP contribution in [0.25, 0.3) is 5.69 Å². The summed E-state index contributed by atoms with van der Waals surface area (Å²) in [6.07, 6.45) is 0. The maximum Gasteiger partial charge on any atom is 0.247 e. The van der Waals surface area contributed by atoms with Crippen LogP contribution in [0.2, 0.25) is 0 Å². The van der Waals surface area contributed by atoms with Gasteiger partial charge in [0.25, 0.3) is 0 Å². The first kappa shape index (κ1) is 17.6. The summed E-state index contributed by atoms with van der Waals surface area (Å²) in [6.45, 7) is 3.92. The molecule has 0 spiro atoms. The molecule has 0 aliphatic carbocycles. The van der Waals surface area contributed by atoms with Crippen molar-refractivity contribution in [3.63, 3.8) is 0 Å². The van der Waals surface area contributed by atoms with Gasteiger partial charge in [-0.2, -0.15) is 4.68 Å². The molecule has 0 bridgehead atoms. The minimum atomic E-state index is -0.226. The number of benzene rings is 2. The second-order valence-corrected chi connectivity index (χ2v) is 6.51. The van der Waals surface area contributed by atoms with Gasteiger partial charge in [-0.05, 0) is 34.7 Å². The normalized spacial score (nSPS) is 16.2. The lowest BCUT2D eigenvalue weighted by Crippen LogP contribution is -3.14. The third-order valence-corrected chi connectivity index (χ3v) is 4.83. The quantitative estimate of drug-likeness (QED) is 0.675. The van der Waals surface area contributed by atoms with Gasteiger partial charge in [-0.3, -0.25) is 0 Å². The van der Waals surface area contributed by atoms with E-state index >= 15 is 0 Å². The SMILES string of the molecule is Fc1ccc([C@@H](CNc2nnnn2-c2ccccc2)[NH+]2CCOCC2)cc1. The Labute approximate surface area is 156 Å². The number of quaternary nitrogens is 1. The minimum Gasteiger partial charge on any atom is -0.370 e. The van der Waals surface area contributed by atoms with Gasteiger partial charge in [-0.25, -0.2) is 4.39 Å². The van der Waals surface area contributed by atoms with Crippen LogP contribution in [-0.2, 0) is 4.74 Å². The molecule has 2 aromatic carbocycles. The van der Waals surface area contributed by atoms with Crippen LogP contribution < -0.4 is 10.2 Å². The van der Waals surface area contributed by atoms with Crippen molar-refractivity contribution in [2.75, 3.05) is 38.2 Å². The van der Waals surface area contributed by atoms with Gasteiger partial charge in [0.15, 0.2) is 0 Å². The van der Waals surface area contributed by atoms with E-state index in [0.717, 1.165) is 37.6 Å². The number of aromatic nitrogens is 4. The molecule has 4 rings (SSSR count). The number of morpholine rings is 1. The molecule has 0 saturated carbocycles. The molecule has 1 atom stereocenters. The van der Waals surface area contributed by atoms with Gasteiger partial charge in [0, 0.05) is 5.56 Å². The number of nitrogens with zero attached hydrogens (tertiary/aromatic N) is 4. The fraction of sp³-hybridized carbons (Fsp3) is 0.316. The summed E-state index contributed by atoms with van der Waals surface area (Å²) in [5.74, 6) is 0.358. The van der Waals surface area contributed by atoms with E-state index in [1.165, 1.54) is 17.0 Å². The van der Waals surface area contributed by atoms with Gasteiger partial charge in [0.05, 0.1) is 25.4 Å². The third kappa shape index (κ3) is 4.12. The van der Waals surface area contributed by atoms with Crippen molar-refractivity contribution in [3.05, 3.63) is 66.0 Å². The molecule has 1 fully saturated rings. The topological polar surface area (TPSA) is 69.3 Å². The standard InChI is InChI=1S/C19H21FN6O/c20-16-8-6-15(7-9-16)18(25-10-12-27-13-11-25)14-21-19-22-23-24-26(19)17-4-2-1-3-5-17/h1-9,18H,10-14H2,(H,21,22,24)/p+1/t18-/m1/s1. The Bertz CT molecular complexity index is 848. The van der Waals surface area contributed by atoms with E-state index in [2.05, 4.69) is 20.8 Å². The molecular formula is C19H22FN6O+.